The molecular formula is C24H24N6OS. The number of anilines is 2. The second kappa shape index (κ2) is 9.40. The predicted octanol–water partition coefficient (Wildman–Crippen LogP) is 4.89. The summed E-state index contributed by atoms with van der Waals surface area (Å²) >= 11 is 1.60. The van der Waals surface area contributed by atoms with Crippen LogP contribution < -0.4 is 10.2 Å². The molecule has 8 heteroatoms. The summed E-state index contributed by atoms with van der Waals surface area (Å²) in [5, 5.41) is 11.7. The van der Waals surface area contributed by atoms with Gasteiger partial charge in [-0.05, 0) is 61.2 Å². The van der Waals surface area contributed by atoms with E-state index in [9.17, 15) is 4.79 Å². The van der Waals surface area contributed by atoms with E-state index in [1.54, 1.807) is 18.0 Å². The molecule has 3 heterocycles. The van der Waals surface area contributed by atoms with E-state index in [0.29, 0.717) is 11.3 Å². The molecule has 7 nitrogen and oxygen atoms in total. The van der Waals surface area contributed by atoms with Gasteiger partial charge in [-0.1, -0.05) is 12.1 Å². The Morgan fingerprint density at radius 2 is 1.91 bits per heavy atom. The second-order valence-corrected chi connectivity index (χ2v) is 8.81. The quantitative estimate of drug-likeness (QED) is 0.325. The van der Waals surface area contributed by atoms with Crippen molar-refractivity contribution < 1.29 is 4.79 Å². The Hall–Kier alpha value is -3.39. The van der Waals surface area contributed by atoms with Crippen molar-refractivity contribution in [3.63, 3.8) is 0 Å². The van der Waals surface area contributed by atoms with Gasteiger partial charge in [0.1, 0.15) is 11.4 Å². The highest BCUT2D eigenvalue weighted by atomic mass is 32.2. The number of nitrogens with one attached hydrogen (secondary N) is 2. The number of benzene rings is 2. The van der Waals surface area contributed by atoms with E-state index < -0.39 is 0 Å². The molecule has 1 fully saturated rings. The van der Waals surface area contributed by atoms with Gasteiger partial charge < -0.3 is 10.2 Å². The van der Waals surface area contributed by atoms with Crippen molar-refractivity contribution in [2.24, 2.45) is 0 Å². The summed E-state index contributed by atoms with van der Waals surface area (Å²) in [6, 6.07) is 15.8. The largest absolute Gasteiger partial charge is 0.372 e. The maximum absolute atomic E-state index is 12.8. The van der Waals surface area contributed by atoms with E-state index in [2.05, 4.69) is 42.5 Å². The first-order chi connectivity index (χ1) is 15.8. The number of hydrogen-bond donors (Lipinski definition) is 2. The highest BCUT2D eigenvalue weighted by molar-refractivity contribution is 7.98. The second-order valence-electron chi connectivity index (χ2n) is 7.85. The Balaban J connectivity index is 1.23. The van der Waals surface area contributed by atoms with Gasteiger partial charge in [0.05, 0.1) is 11.6 Å². The first-order valence-corrected chi connectivity index (χ1v) is 11.8. The Morgan fingerprint density at radius 1 is 1.06 bits per heavy atom. The van der Waals surface area contributed by atoms with Crippen molar-refractivity contribution in [1.82, 2.24) is 20.2 Å². The Kier molecular flexibility index (Phi) is 6.02. The average Bonchev–Trinajstić information content (AvgIpc) is 3.34. The molecule has 1 amide bonds. The molecule has 0 radical (unpaired) electrons. The van der Waals surface area contributed by atoms with Crippen molar-refractivity contribution in [3.8, 4) is 0 Å². The predicted molar refractivity (Wildman–Crippen MR) is 128 cm³/mol. The standard InChI is InChI=1S/C24H24N6OS/c31-23(28-19-7-9-20(10-8-19)30-11-2-1-3-12-30)18-6-4-5-17(13-18)15-32-24-21-14-27-29-22(21)25-16-26-24/h4-10,13-14,16H,1-3,11-12,15H2,(H,28,31)(H,25,26,27,29). The summed E-state index contributed by atoms with van der Waals surface area (Å²) in [7, 11) is 0. The lowest BCUT2D eigenvalue weighted by Crippen LogP contribution is -2.29. The van der Waals surface area contributed by atoms with Gasteiger partial charge in [0.15, 0.2) is 5.65 Å². The summed E-state index contributed by atoms with van der Waals surface area (Å²) in [5.41, 5.74) is 4.44. The third-order valence-electron chi connectivity index (χ3n) is 5.62. The van der Waals surface area contributed by atoms with Crippen LogP contribution in [0, 0.1) is 0 Å². The van der Waals surface area contributed by atoms with Crippen molar-refractivity contribution in [2.45, 2.75) is 30.0 Å². The number of H-pyrrole nitrogens is 1. The van der Waals surface area contributed by atoms with Crippen LogP contribution in [-0.4, -0.2) is 39.2 Å². The van der Waals surface area contributed by atoms with E-state index in [0.717, 1.165) is 40.4 Å². The zero-order valence-corrected chi connectivity index (χ0v) is 18.4. The van der Waals surface area contributed by atoms with Crippen LogP contribution >= 0.6 is 11.8 Å². The minimum absolute atomic E-state index is 0.109. The molecule has 1 aliphatic rings. The number of rotatable bonds is 6. The molecule has 0 saturated carbocycles. The van der Waals surface area contributed by atoms with Gasteiger partial charge in [0.25, 0.3) is 5.91 Å². The smallest absolute Gasteiger partial charge is 0.255 e. The molecule has 2 aromatic heterocycles. The number of hydrogen-bond acceptors (Lipinski definition) is 6. The van der Waals surface area contributed by atoms with Gasteiger partial charge in [-0.3, -0.25) is 9.89 Å². The summed E-state index contributed by atoms with van der Waals surface area (Å²) < 4.78 is 0. The Labute approximate surface area is 190 Å². The van der Waals surface area contributed by atoms with Gasteiger partial charge in [-0.15, -0.1) is 11.8 Å². The molecule has 0 bridgehead atoms. The van der Waals surface area contributed by atoms with E-state index in [4.69, 9.17) is 0 Å². The molecule has 1 aliphatic heterocycles. The summed E-state index contributed by atoms with van der Waals surface area (Å²) in [6.45, 7) is 2.22. The summed E-state index contributed by atoms with van der Waals surface area (Å²) in [5.74, 6) is 0.588. The molecule has 4 aromatic rings. The molecule has 0 unspecified atom stereocenters. The number of aromatic nitrogens is 4. The van der Waals surface area contributed by atoms with Crippen LogP contribution in [-0.2, 0) is 5.75 Å². The molecule has 2 aromatic carbocycles. The normalized spacial score (nSPS) is 13.9. The molecule has 162 valence electrons. The number of piperidine rings is 1. The van der Waals surface area contributed by atoms with Crippen LogP contribution in [0.4, 0.5) is 11.4 Å². The summed E-state index contributed by atoms with van der Waals surface area (Å²) in [4.78, 5) is 23.7. The monoisotopic (exact) mass is 444 g/mol. The molecular weight excluding hydrogens is 420 g/mol. The molecule has 2 N–H and O–H groups in total. The van der Waals surface area contributed by atoms with Crippen molar-refractivity contribution >= 4 is 40.1 Å². The van der Waals surface area contributed by atoms with E-state index in [1.807, 2.05) is 36.4 Å². The molecule has 5 rings (SSSR count). The topological polar surface area (TPSA) is 86.8 Å². The number of carbonyl (C=O) groups is 1. The molecule has 0 aliphatic carbocycles. The number of aromatic amines is 1. The molecule has 1 saturated heterocycles. The van der Waals surface area contributed by atoms with Crippen molar-refractivity contribution in [1.29, 1.82) is 0 Å². The Morgan fingerprint density at radius 3 is 2.75 bits per heavy atom. The zero-order valence-electron chi connectivity index (χ0n) is 17.6. The number of amides is 1. The number of thioether (sulfide) groups is 1. The van der Waals surface area contributed by atoms with E-state index in [1.165, 1.54) is 31.3 Å². The maximum Gasteiger partial charge on any atom is 0.255 e. The minimum Gasteiger partial charge on any atom is -0.372 e. The minimum atomic E-state index is -0.109. The lowest BCUT2D eigenvalue weighted by molar-refractivity contribution is 0.102. The van der Waals surface area contributed by atoms with Crippen molar-refractivity contribution in [3.05, 3.63) is 72.2 Å². The average molecular weight is 445 g/mol. The number of fused-ring (bicyclic) bond motifs is 1. The highest BCUT2D eigenvalue weighted by Gasteiger charge is 2.12. The van der Waals surface area contributed by atoms with Crippen LogP contribution in [0.15, 0.2) is 66.1 Å². The van der Waals surface area contributed by atoms with Gasteiger partial charge >= 0.3 is 0 Å². The first-order valence-electron chi connectivity index (χ1n) is 10.8. The summed E-state index contributed by atoms with van der Waals surface area (Å²) in [6.07, 6.45) is 7.07. The van der Waals surface area contributed by atoms with Crippen molar-refractivity contribution in [2.75, 3.05) is 23.3 Å². The van der Waals surface area contributed by atoms with Crippen LogP contribution in [0.1, 0.15) is 35.2 Å². The molecule has 32 heavy (non-hydrogen) atoms. The third-order valence-corrected chi connectivity index (χ3v) is 6.70. The van der Waals surface area contributed by atoms with Gasteiger partial charge in [-0.2, -0.15) is 5.10 Å². The first kappa shape index (κ1) is 20.5. The fourth-order valence-electron chi connectivity index (χ4n) is 3.92. The highest BCUT2D eigenvalue weighted by Crippen LogP contribution is 2.27. The third kappa shape index (κ3) is 4.60. The van der Waals surface area contributed by atoms with Crippen LogP contribution in [0.2, 0.25) is 0 Å². The SMILES string of the molecule is O=C(Nc1ccc(N2CCCCC2)cc1)c1cccc(CSc2ncnc3[nH]ncc23)c1. The molecule has 0 atom stereocenters. The van der Waals surface area contributed by atoms with Crippen LogP contribution in [0.3, 0.4) is 0 Å². The van der Waals surface area contributed by atoms with Gasteiger partial charge in [0, 0.05) is 35.8 Å². The zero-order chi connectivity index (χ0) is 21.8. The lowest BCUT2D eigenvalue weighted by Gasteiger charge is -2.28. The number of carbonyl (C=O) groups excluding carboxylic acids is 1. The van der Waals surface area contributed by atoms with Crippen LogP contribution in [0.25, 0.3) is 11.0 Å². The van der Waals surface area contributed by atoms with E-state index >= 15 is 0 Å². The Bertz CT molecular complexity index is 1220. The molecule has 0 spiro atoms. The fourth-order valence-corrected chi connectivity index (χ4v) is 4.83. The maximum atomic E-state index is 12.8. The van der Waals surface area contributed by atoms with Gasteiger partial charge in [-0.25, -0.2) is 9.97 Å². The lowest BCUT2D eigenvalue weighted by atomic mass is 10.1. The van der Waals surface area contributed by atoms with Gasteiger partial charge in [0.2, 0.25) is 0 Å². The van der Waals surface area contributed by atoms with E-state index in [-0.39, 0.29) is 5.91 Å². The fraction of sp³-hybridized carbons (Fsp3) is 0.250. The number of nitrogens with zero attached hydrogens (tertiary/aromatic N) is 4. The van der Waals surface area contributed by atoms with Crippen LogP contribution in [0.5, 0.6) is 0 Å².